The van der Waals surface area contributed by atoms with E-state index in [4.69, 9.17) is 16.3 Å². The van der Waals surface area contributed by atoms with Crippen molar-refractivity contribution in [1.29, 1.82) is 0 Å². The smallest absolute Gasteiger partial charge is 0.489 e. The third kappa shape index (κ3) is 8.66. The number of benzene rings is 2. The summed E-state index contributed by atoms with van der Waals surface area (Å²) in [4.78, 5) is 4.56. The number of halogens is 4. The molecule has 2 aromatic rings. The van der Waals surface area contributed by atoms with Gasteiger partial charge in [-0.1, -0.05) is 50.8 Å². The molecule has 0 heterocycles. The Balaban J connectivity index is 1.86. The maximum Gasteiger partial charge on any atom is 0.573 e. The summed E-state index contributed by atoms with van der Waals surface area (Å²) in [5, 5.41) is -0.121. The summed E-state index contributed by atoms with van der Waals surface area (Å²) in [6.45, 7) is 5.41. The highest BCUT2D eigenvalue weighted by Crippen LogP contribution is 2.31. The largest absolute Gasteiger partial charge is 0.573 e. The molecule has 0 radical (unpaired) electrons. The van der Waals surface area contributed by atoms with Crippen LogP contribution in [-0.4, -0.2) is 19.1 Å². The lowest BCUT2D eigenvalue weighted by atomic mass is 10.00. The van der Waals surface area contributed by atoms with Crippen LogP contribution in [-0.2, 0) is 6.61 Å². The highest BCUT2D eigenvalue weighted by molar-refractivity contribution is 6.32. The molecule has 2 aromatic carbocycles. The fourth-order valence-corrected chi connectivity index (χ4v) is 3.12. The summed E-state index contributed by atoms with van der Waals surface area (Å²) >= 11 is 5.85. The van der Waals surface area contributed by atoms with Gasteiger partial charge >= 0.3 is 6.36 Å². The van der Waals surface area contributed by atoms with Crippen molar-refractivity contribution < 1.29 is 22.6 Å². The molecule has 0 saturated carbocycles. The summed E-state index contributed by atoms with van der Waals surface area (Å²) in [6.07, 6.45) is 1.89. The van der Waals surface area contributed by atoms with E-state index in [0.717, 1.165) is 18.5 Å². The van der Waals surface area contributed by atoms with E-state index in [1.165, 1.54) is 37.5 Å². The number of hydrogen-bond donors (Lipinski definition) is 0. The molecule has 0 spiro atoms. The van der Waals surface area contributed by atoms with Crippen molar-refractivity contribution >= 4 is 17.8 Å². The number of unbranched alkanes of at least 4 members (excludes halogenated alkanes) is 1. The van der Waals surface area contributed by atoms with Crippen molar-refractivity contribution in [2.24, 2.45) is 10.9 Å². The summed E-state index contributed by atoms with van der Waals surface area (Å²) in [6, 6.07) is 11.6. The second-order valence-electron chi connectivity index (χ2n) is 7.08. The number of alkyl halides is 3. The van der Waals surface area contributed by atoms with Gasteiger partial charge in [-0.2, -0.15) is 0 Å². The molecule has 0 bridgehead atoms. The normalized spacial score (nSPS) is 12.9. The minimum atomic E-state index is -4.78. The minimum Gasteiger partial charge on any atom is -0.489 e. The first-order valence-corrected chi connectivity index (χ1v) is 10.4. The third-order valence-corrected chi connectivity index (χ3v) is 4.95. The molecule has 0 fully saturated rings. The maximum atomic E-state index is 12.3. The number of rotatable bonds is 11. The van der Waals surface area contributed by atoms with Gasteiger partial charge in [-0.15, -0.1) is 13.2 Å². The Hall–Kier alpha value is -2.21. The fourth-order valence-electron chi connectivity index (χ4n) is 2.88. The summed E-state index contributed by atoms with van der Waals surface area (Å²) in [7, 11) is 0. The summed E-state index contributed by atoms with van der Waals surface area (Å²) in [5.74, 6) is 0.841. The van der Waals surface area contributed by atoms with Crippen molar-refractivity contribution in [3.8, 4) is 11.5 Å². The monoisotopic (exact) mass is 441 g/mol. The Bertz CT molecular complexity index is 807. The molecule has 0 aromatic heterocycles. The molecule has 0 aliphatic carbocycles. The molecule has 164 valence electrons. The van der Waals surface area contributed by atoms with Crippen LogP contribution in [0, 0.1) is 5.92 Å². The molecule has 0 aliphatic heterocycles. The first kappa shape index (κ1) is 24.1. The second kappa shape index (κ2) is 11.8. The molecule has 7 heteroatoms. The zero-order valence-corrected chi connectivity index (χ0v) is 18.0. The van der Waals surface area contributed by atoms with Crippen molar-refractivity contribution in [2.75, 3.05) is 6.54 Å². The highest BCUT2D eigenvalue weighted by atomic mass is 35.5. The minimum absolute atomic E-state index is 0.121. The van der Waals surface area contributed by atoms with Gasteiger partial charge in [0.15, 0.2) is 0 Å². The van der Waals surface area contributed by atoms with E-state index >= 15 is 0 Å². The van der Waals surface area contributed by atoms with Crippen molar-refractivity contribution in [2.45, 2.75) is 52.5 Å². The second-order valence-corrected chi connectivity index (χ2v) is 7.49. The van der Waals surface area contributed by atoms with Gasteiger partial charge in [0, 0.05) is 12.8 Å². The van der Waals surface area contributed by atoms with E-state index in [9.17, 15) is 13.2 Å². The molecule has 0 aliphatic rings. The van der Waals surface area contributed by atoms with Gasteiger partial charge < -0.3 is 9.47 Å². The maximum absolute atomic E-state index is 12.3. The zero-order chi connectivity index (χ0) is 22.0. The van der Waals surface area contributed by atoms with Crippen LogP contribution in [0.1, 0.15) is 50.7 Å². The van der Waals surface area contributed by atoms with Crippen LogP contribution in [0.3, 0.4) is 0 Å². The number of nitrogens with zero attached hydrogens (tertiary/aromatic N) is 1. The van der Waals surface area contributed by atoms with E-state index in [0.29, 0.717) is 17.2 Å². The highest BCUT2D eigenvalue weighted by Gasteiger charge is 2.32. The molecular formula is C23H27ClF3NO2. The molecule has 1 unspecified atom stereocenters. The van der Waals surface area contributed by atoms with Gasteiger partial charge in [0.05, 0.1) is 5.02 Å². The van der Waals surface area contributed by atoms with Gasteiger partial charge in [-0.05, 0) is 59.9 Å². The van der Waals surface area contributed by atoms with Crippen LogP contribution in [0.2, 0.25) is 5.02 Å². The molecular weight excluding hydrogens is 415 g/mol. The van der Waals surface area contributed by atoms with Gasteiger partial charge in [-0.3, -0.25) is 4.99 Å². The lowest BCUT2D eigenvalue weighted by Gasteiger charge is -2.12. The SMILES string of the molecule is CCCCC(CC)CN=Cc1ccc(OCc2ccc(OC(F)(F)F)c(Cl)c2)cc1. The van der Waals surface area contributed by atoms with Crippen molar-refractivity contribution in [3.63, 3.8) is 0 Å². The summed E-state index contributed by atoms with van der Waals surface area (Å²) in [5.41, 5.74) is 1.63. The third-order valence-electron chi connectivity index (χ3n) is 4.65. The van der Waals surface area contributed by atoms with Crippen molar-refractivity contribution in [3.05, 3.63) is 58.6 Å². The quantitative estimate of drug-likeness (QED) is 0.339. The average Bonchev–Trinajstić information content (AvgIpc) is 2.71. The fraction of sp³-hybridized carbons (Fsp3) is 0.435. The van der Waals surface area contributed by atoms with Crippen LogP contribution in [0.25, 0.3) is 0 Å². The standard InChI is InChI=1S/C23H27ClF3NO2/c1-3-5-6-17(4-2)14-28-15-18-7-10-20(11-8-18)29-16-19-9-12-22(21(24)13-19)30-23(25,26)27/h7-13,15,17H,3-6,14,16H2,1-2H3. The molecule has 0 saturated heterocycles. The van der Waals surface area contributed by atoms with Gasteiger partial charge in [0.25, 0.3) is 0 Å². The first-order chi connectivity index (χ1) is 14.3. The zero-order valence-electron chi connectivity index (χ0n) is 17.2. The predicted molar refractivity (Wildman–Crippen MR) is 115 cm³/mol. The van der Waals surface area contributed by atoms with E-state index in [2.05, 4.69) is 23.6 Å². The predicted octanol–water partition coefficient (Wildman–Crippen LogP) is 7.45. The number of ether oxygens (including phenoxy) is 2. The Kier molecular flexibility index (Phi) is 9.50. The molecule has 3 nitrogen and oxygen atoms in total. The average molecular weight is 442 g/mol. The molecule has 2 rings (SSSR count). The van der Waals surface area contributed by atoms with Crippen LogP contribution in [0.15, 0.2) is 47.5 Å². The Labute approximate surface area is 180 Å². The van der Waals surface area contributed by atoms with Crippen LogP contribution in [0.4, 0.5) is 13.2 Å². The number of aliphatic imine (C=N–C) groups is 1. The van der Waals surface area contributed by atoms with Gasteiger partial charge in [0.1, 0.15) is 18.1 Å². The Morgan fingerprint density at radius 1 is 1.10 bits per heavy atom. The van der Waals surface area contributed by atoms with E-state index < -0.39 is 12.1 Å². The Morgan fingerprint density at radius 3 is 2.43 bits per heavy atom. The lowest BCUT2D eigenvalue weighted by molar-refractivity contribution is -0.274. The van der Waals surface area contributed by atoms with Crippen LogP contribution < -0.4 is 9.47 Å². The molecule has 1 atom stereocenters. The first-order valence-electron chi connectivity index (χ1n) is 10.1. The van der Waals surface area contributed by atoms with Crippen molar-refractivity contribution in [1.82, 2.24) is 0 Å². The summed E-state index contributed by atoms with van der Waals surface area (Å²) < 4.78 is 46.4. The molecule has 0 N–H and O–H groups in total. The van der Waals surface area contributed by atoms with Gasteiger partial charge in [-0.25, -0.2) is 0 Å². The van der Waals surface area contributed by atoms with Gasteiger partial charge in [0.2, 0.25) is 0 Å². The number of hydrogen-bond acceptors (Lipinski definition) is 3. The van der Waals surface area contributed by atoms with Crippen LogP contribution in [0.5, 0.6) is 11.5 Å². The molecule has 0 amide bonds. The molecule has 30 heavy (non-hydrogen) atoms. The lowest BCUT2D eigenvalue weighted by Crippen LogP contribution is -2.17. The Morgan fingerprint density at radius 2 is 1.83 bits per heavy atom. The van der Waals surface area contributed by atoms with E-state index in [-0.39, 0.29) is 11.6 Å². The topological polar surface area (TPSA) is 30.8 Å². The van der Waals surface area contributed by atoms with Crippen LogP contribution >= 0.6 is 11.6 Å². The van der Waals surface area contributed by atoms with E-state index in [1.54, 1.807) is 0 Å². The van der Waals surface area contributed by atoms with E-state index in [1.807, 2.05) is 30.5 Å².